The lowest BCUT2D eigenvalue weighted by atomic mass is 9.66. The van der Waals surface area contributed by atoms with Gasteiger partial charge in [0.25, 0.3) is 0 Å². The lowest BCUT2D eigenvalue weighted by Gasteiger charge is -2.02. The van der Waals surface area contributed by atoms with E-state index >= 15 is 0 Å². The minimum absolute atomic E-state index is 0. The van der Waals surface area contributed by atoms with Gasteiger partial charge >= 0.3 is 0 Å². The number of hydrogen-bond donors (Lipinski definition) is 0. The predicted octanol–water partition coefficient (Wildman–Crippen LogP) is 3.71. The van der Waals surface area contributed by atoms with Crippen molar-refractivity contribution in [2.45, 2.75) is 77.5 Å². The summed E-state index contributed by atoms with van der Waals surface area (Å²) in [6, 6.07) is 10.7. The number of rotatable bonds is 12. The van der Waals surface area contributed by atoms with Crippen molar-refractivity contribution < 1.29 is 11.0 Å². The smallest absolute Gasteiger partial charge is 0.151 e. The molecule has 1 aromatic rings. The van der Waals surface area contributed by atoms with Crippen LogP contribution < -0.4 is 5.46 Å². The zero-order chi connectivity index (χ0) is 13.6. The van der Waals surface area contributed by atoms with Crippen LogP contribution in [0, 0.1) is 0 Å². The monoisotopic (exact) mass is 293 g/mol. The van der Waals surface area contributed by atoms with E-state index in [1.54, 1.807) is 0 Å². The molecule has 1 rings (SSSR count). The Kier molecular flexibility index (Phi) is 18.5. The Bertz CT molecular complexity index is 291. The molecule has 0 fully saturated rings. The third-order valence-electron chi connectivity index (χ3n) is 3.74. The molecule has 1 aromatic carbocycles. The van der Waals surface area contributed by atoms with Gasteiger partial charge in [0.2, 0.25) is 0 Å². The van der Waals surface area contributed by atoms with E-state index in [-0.39, 0.29) is 11.0 Å². The Morgan fingerprint density at radius 3 is 1.67 bits per heavy atom. The molecule has 21 heavy (non-hydrogen) atoms. The average Bonchev–Trinajstić information content (AvgIpc) is 2.46. The molecule has 4 N–H and O–H groups in total. The Morgan fingerprint density at radius 2 is 1.14 bits per heavy atom. The van der Waals surface area contributed by atoms with Gasteiger partial charge in [-0.3, -0.25) is 0 Å². The minimum Gasteiger partial charge on any atom is -0.412 e. The van der Waals surface area contributed by atoms with E-state index in [0.29, 0.717) is 0 Å². The first-order valence-corrected chi connectivity index (χ1v) is 8.31. The summed E-state index contributed by atoms with van der Waals surface area (Å²) in [5.41, 5.74) is 1.37. The normalized spacial score (nSPS) is 9.57. The molecular weight excluding hydrogens is 259 g/mol. The van der Waals surface area contributed by atoms with Gasteiger partial charge in [-0.2, -0.15) is 0 Å². The largest absolute Gasteiger partial charge is 0.412 e. The molecule has 0 amide bonds. The summed E-state index contributed by atoms with van der Waals surface area (Å²) in [6.07, 6.45) is 15.4. The summed E-state index contributed by atoms with van der Waals surface area (Å²) in [5.74, 6) is 0. The van der Waals surface area contributed by atoms with Crippen LogP contribution >= 0.6 is 0 Å². The van der Waals surface area contributed by atoms with Crippen molar-refractivity contribution in [2.75, 3.05) is 0 Å². The van der Waals surface area contributed by atoms with Crippen LogP contribution in [0.3, 0.4) is 0 Å². The fraction of sp³-hybridized carbons (Fsp3) is 0.667. The third kappa shape index (κ3) is 13.9. The van der Waals surface area contributed by atoms with Gasteiger partial charge in [-0.1, -0.05) is 113 Å². The highest BCUT2D eigenvalue weighted by atomic mass is 16.0. The molecule has 0 saturated heterocycles. The lowest BCUT2D eigenvalue weighted by molar-refractivity contribution is 0.562. The van der Waals surface area contributed by atoms with E-state index < -0.39 is 0 Å². The molecule has 0 aliphatic heterocycles. The highest BCUT2D eigenvalue weighted by Crippen LogP contribution is 2.11. The van der Waals surface area contributed by atoms with E-state index in [0.717, 1.165) is 0 Å². The molecule has 0 spiro atoms. The second-order valence-electron chi connectivity index (χ2n) is 5.59. The molecule has 0 unspecified atom stereocenters. The van der Waals surface area contributed by atoms with E-state index in [9.17, 15) is 0 Å². The minimum atomic E-state index is 0. The lowest BCUT2D eigenvalue weighted by Crippen LogP contribution is -2.12. The highest BCUT2D eigenvalue weighted by molar-refractivity contribution is 6.53. The number of benzene rings is 1. The molecule has 121 valence electrons. The molecule has 0 heterocycles. The van der Waals surface area contributed by atoms with E-state index in [2.05, 4.69) is 44.5 Å². The number of unbranched alkanes of at least 4 members (excludes halogenated alkanes) is 9. The van der Waals surface area contributed by atoms with Gasteiger partial charge in [0, 0.05) is 0 Å². The van der Waals surface area contributed by atoms with Crippen molar-refractivity contribution in [2.24, 2.45) is 0 Å². The van der Waals surface area contributed by atoms with Crippen molar-refractivity contribution in [1.29, 1.82) is 0 Å². The Balaban J connectivity index is 0. The van der Waals surface area contributed by atoms with Crippen LogP contribution in [0.15, 0.2) is 30.3 Å². The molecule has 0 saturated carbocycles. The first-order valence-electron chi connectivity index (χ1n) is 8.31. The van der Waals surface area contributed by atoms with E-state index in [1.807, 2.05) is 0 Å². The van der Waals surface area contributed by atoms with Crippen molar-refractivity contribution >= 4 is 12.7 Å². The summed E-state index contributed by atoms with van der Waals surface area (Å²) in [4.78, 5) is 0. The highest BCUT2D eigenvalue weighted by Gasteiger charge is 1.95. The van der Waals surface area contributed by atoms with Crippen molar-refractivity contribution in [3.63, 3.8) is 0 Å². The van der Waals surface area contributed by atoms with Crippen LogP contribution in [0.4, 0.5) is 0 Å². The fourth-order valence-electron chi connectivity index (χ4n) is 2.49. The van der Waals surface area contributed by atoms with E-state index in [1.165, 1.54) is 76.0 Å². The standard InChI is InChI=1S/C18H30B.2H2O/c1-2-3-4-5-6-7-8-9-10-14-17-19-18-15-12-11-13-16-18;;/h11-13,15-16H,2-10,14,17H2,1H3;2*1H2. The summed E-state index contributed by atoms with van der Waals surface area (Å²) >= 11 is 0. The van der Waals surface area contributed by atoms with Gasteiger partial charge in [0.05, 0.1) is 0 Å². The van der Waals surface area contributed by atoms with Crippen LogP contribution in [0.25, 0.3) is 0 Å². The molecule has 1 radical (unpaired) electrons. The second kappa shape index (κ2) is 17.3. The van der Waals surface area contributed by atoms with Gasteiger partial charge in [-0.25, -0.2) is 0 Å². The maximum atomic E-state index is 2.37. The SMILES string of the molecule is CCCCCCCCCCCC[B]c1ccccc1.O.O. The van der Waals surface area contributed by atoms with Crippen molar-refractivity contribution in [3.8, 4) is 0 Å². The maximum Gasteiger partial charge on any atom is 0.151 e. The average molecular weight is 293 g/mol. The van der Waals surface area contributed by atoms with Crippen molar-refractivity contribution in [3.05, 3.63) is 30.3 Å². The van der Waals surface area contributed by atoms with Gasteiger partial charge in [0.15, 0.2) is 7.28 Å². The summed E-state index contributed by atoms with van der Waals surface area (Å²) in [5, 5.41) is 0. The number of hydrogen-bond acceptors (Lipinski definition) is 0. The van der Waals surface area contributed by atoms with Gasteiger partial charge in [-0.05, 0) is 0 Å². The molecule has 2 nitrogen and oxygen atoms in total. The Labute approximate surface area is 132 Å². The topological polar surface area (TPSA) is 63.0 Å². The molecule has 0 aromatic heterocycles. The Morgan fingerprint density at radius 1 is 0.667 bits per heavy atom. The molecular formula is C18H34BO2. The first kappa shape index (κ1) is 22.5. The fourth-order valence-corrected chi connectivity index (χ4v) is 2.49. The van der Waals surface area contributed by atoms with Crippen LogP contribution in [-0.2, 0) is 0 Å². The van der Waals surface area contributed by atoms with Gasteiger partial charge in [0.1, 0.15) is 0 Å². The third-order valence-corrected chi connectivity index (χ3v) is 3.74. The maximum absolute atomic E-state index is 2.37. The molecule has 0 bridgehead atoms. The molecule has 0 aliphatic carbocycles. The zero-order valence-electron chi connectivity index (χ0n) is 13.7. The van der Waals surface area contributed by atoms with Crippen LogP contribution in [0.1, 0.15) is 71.1 Å². The summed E-state index contributed by atoms with van der Waals surface area (Å²) < 4.78 is 0. The van der Waals surface area contributed by atoms with Gasteiger partial charge < -0.3 is 11.0 Å². The molecule has 0 aliphatic rings. The van der Waals surface area contributed by atoms with Crippen LogP contribution in [0.5, 0.6) is 0 Å². The van der Waals surface area contributed by atoms with E-state index in [4.69, 9.17) is 0 Å². The predicted molar refractivity (Wildman–Crippen MR) is 95.7 cm³/mol. The second-order valence-corrected chi connectivity index (χ2v) is 5.59. The van der Waals surface area contributed by atoms with Crippen molar-refractivity contribution in [1.82, 2.24) is 0 Å². The first-order chi connectivity index (χ1) is 9.43. The zero-order valence-corrected chi connectivity index (χ0v) is 13.7. The van der Waals surface area contributed by atoms with Crippen LogP contribution in [0.2, 0.25) is 6.32 Å². The molecule has 3 heteroatoms. The molecule has 0 atom stereocenters. The van der Waals surface area contributed by atoms with Gasteiger partial charge in [-0.15, -0.1) is 0 Å². The quantitative estimate of drug-likeness (QED) is 0.416. The summed E-state index contributed by atoms with van der Waals surface area (Å²) in [7, 11) is 2.37. The van der Waals surface area contributed by atoms with Crippen LogP contribution in [-0.4, -0.2) is 18.2 Å². The summed E-state index contributed by atoms with van der Waals surface area (Å²) in [6.45, 7) is 2.28. The Hall–Kier alpha value is -0.795.